The number of aryl methyl sites for hydroxylation is 1. The Hall–Kier alpha value is -3.17. The van der Waals surface area contributed by atoms with Crippen LogP contribution in [0.1, 0.15) is 17.5 Å². The monoisotopic (exact) mass is 413 g/mol. The second-order valence-corrected chi connectivity index (χ2v) is 8.46. The van der Waals surface area contributed by atoms with Crippen LogP contribution in [-0.4, -0.2) is 31.6 Å². The zero-order valence-electron chi connectivity index (χ0n) is 15.6. The van der Waals surface area contributed by atoms with Gasteiger partial charge in [-0.1, -0.05) is 18.2 Å². The van der Waals surface area contributed by atoms with Gasteiger partial charge in [-0.2, -0.15) is 0 Å². The predicted molar refractivity (Wildman–Crippen MR) is 111 cm³/mol. The number of benzene rings is 2. The van der Waals surface area contributed by atoms with Gasteiger partial charge in [0.15, 0.2) is 0 Å². The summed E-state index contributed by atoms with van der Waals surface area (Å²) in [7, 11) is -3.89. The largest absolute Gasteiger partial charge is 0.377 e. The van der Waals surface area contributed by atoms with E-state index in [9.17, 15) is 18.0 Å². The molecule has 2 heterocycles. The summed E-state index contributed by atoms with van der Waals surface area (Å²) >= 11 is 0. The van der Waals surface area contributed by atoms with E-state index in [0.29, 0.717) is 30.0 Å². The zero-order chi connectivity index (χ0) is 20.6. The quantitative estimate of drug-likeness (QED) is 0.566. The fraction of sp³-hybridized carbons (Fsp3) is 0.200. The van der Waals surface area contributed by atoms with Crippen LogP contribution in [0.4, 0.5) is 5.69 Å². The van der Waals surface area contributed by atoms with Crippen molar-refractivity contribution in [2.24, 2.45) is 0 Å². The van der Waals surface area contributed by atoms with Crippen molar-refractivity contribution in [3.8, 4) is 0 Å². The number of sulfonamides is 1. The molecule has 1 aliphatic rings. The second-order valence-electron chi connectivity index (χ2n) is 6.81. The van der Waals surface area contributed by atoms with E-state index in [2.05, 4.69) is 14.7 Å². The van der Waals surface area contributed by atoms with Crippen molar-refractivity contribution in [1.82, 2.24) is 9.97 Å². The molecule has 1 aliphatic heterocycles. The summed E-state index contributed by atoms with van der Waals surface area (Å²) in [6.07, 6.45) is 2.84. The third kappa shape index (κ3) is 3.87. The number of hydrogen-bond donors (Lipinski definition) is 3. The average Bonchev–Trinajstić information content (AvgIpc) is 2.70. The molecule has 0 bridgehead atoms. The maximum absolute atomic E-state index is 12.9. The highest BCUT2D eigenvalue weighted by atomic mass is 32.2. The standard InChI is InChI=1S/C20H19N3O5S/c1-12-10-16-17(22-20(25)19(24)21-16)11-18(12)29(26,27)23-15-4-2-13(3-5-15)14-6-8-28-9-7-14/h2-6,10-11,23H,7-9H2,1H3,(H,21,24)(H,22,25). The topological polar surface area (TPSA) is 121 Å². The molecular weight excluding hydrogens is 394 g/mol. The molecule has 3 aromatic rings. The number of aromatic amines is 2. The van der Waals surface area contributed by atoms with Crippen molar-refractivity contribution in [3.63, 3.8) is 0 Å². The van der Waals surface area contributed by atoms with Gasteiger partial charge < -0.3 is 14.7 Å². The van der Waals surface area contributed by atoms with Crippen LogP contribution >= 0.6 is 0 Å². The smallest absolute Gasteiger partial charge is 0.314 e. The predicted octanol–water partition coefficient (Wildman–Crippen LogP) is 2.13. The Labute approximate surface area is 166 Å². The Morgan fingerprint density at radius 2 is 1.66 bits per heavy atom. The first-order valence-electron chi connectivity index (χ1n) is 9.00. The van der Waals surface area contributed by atoms with E-state index in [1.807, 2.05) is 18.2 Å². The van der Waals surface area contributed by atoms with E-state index in [-0.39, 0.29) is 10.4 Å². The summed E-state index contributed by atoms with van der Waals surface area (Å²) in [6, 6.07) is 10.0. The lowest BCUT2D eigenvalue weighted by Gasteiger charge is -2.15. The molecule has 9 heteroatoms. The number of nitrogens with one attached hydrogen (secondary N) is 3. The van der Waals surface area contributed by atoms with Crippen LogP contribution in [0.3, 0.4) is 0 Å². The second kappa shape index (κ2) is 7.34. The van der Waals surface area contributed by atoms with Crippen LogP contribution < -0.4 is 15.8 Å². The van der Waals surface area contributed by atoms with E-state index in [1.165, 1.54) is 17.7 Å². The van der Waals surface area contributed by atoms with E-state index in [1.54, 1.807) is 19.1 Å². The SMILES string of the molecule is Cc1cc2[nH]c(=O)c(=O)[nH]c2cc1S(=O)(=O)Nc1ccc(C2=CCOCC2)cc1. The van der Waals surface area contributed by atoms with Gasteiger partial charge in [0.25, 0.3) is 10.0 Å². The number of hydrogen-bond acceptors (Lipinski definition) is 5. The minimum atomic E-state index is -3.89. The minimum Gasteiger partial charge on any atom is -0.377 e. The van der Waals surface area contributed by atoms with Crippen molar-refractivity contribution in [2.45, 2.75) is 18.2 Å². The van der Waals surface area contributed by atoms with Gasteiger partial charge in [-0.15, -0.1) is 0 Å². The van der Waals surface area contributed by atoms with Crippen molar-refractivity contribution >= 4 is 32.3 Å². The molecule has 0 amide bonds. The highest BCUT2D eigenvalue weighted by molar-refractivity contribution is 7.92. The number of anilines is 1. The summed E-state index contributed by atoms with van der Waals surface area (Å²) < 4.78 is 33.7. The molecule has 150 valence electrons. The Morgan fingerprint density at radius 1 is 1.00 bits per heavy atom. The maximum Gasteiger partial charge on any atom is 0.314 e. The van der Waals surface area contributed by atoms with Crippen molar-refractivity contribution in [3.05, 3.63) is 74.3 Å². The summed E-state index contributed by atoms with van der Waals surface area (Å²) in [5.74, 6) is 0. The highest BCUT2D eigenvalue weighted by Gasteiger charge is 2.19. The van der Waals surface area contributed by atoms with Gasteiger partial charge in [0.05, 0.1) is 29.1 Å². The molecule has 3 N–H and O–H groups in total. The van der Waals surface area contributed by atoms with E-state index < -0.39 is 21.1 Å². The van der Waals surface area contributed by atoms with Crippen LogP contribution in [0.15, 0.2) is 57.0 Å². The third-order valence-electron chi connectivity index (χ3n) is 4.78. The molecule has 0 radical (unpaired) electrons. The summed E-state index contributed by atoms with van der Waals surface area (Å²) in [5.41, 5.74) is 2.05. The lowest BCUT2D eigenvalue weighted by Crippen LogP contribution is -2.29. The van der Waals surface area contributed by atoms with Gasteiger partial charge in [0, 0.05) is 5.69 Å². The molecule has 29 heavy (non-hydrogen) atoms. The van der Waals surface area contributed by atoms with Crippen molar-refractivity contribution in [1.29, 1.82) is 0 Å². The van der Waals surface area contributed by atoms with E-state index in [0.717, 1.165) is 12.0 Å². The Morgan fingerprint density at radius 3 is 2.28 bits per heavy atom. The summed E-state index contributed by atoms with van der Waals surface area (Å²) in [4.78, 5) is 27.9. The minimum absolute atomic E-state index is 0.0175. The molecule has 0 atom stereocenters. The molecule has 8 nitrogen and oxygen atoms in total. The Bertz CT molecular complexity index is 1340. The molecular formula is C20H19N3O5S. The van der Waals surface area contributed by atoms with Crippen LogP contribution in [0.2, 0.25) is 0 Å². The van der Waals surface area contributed by atoms with Gasteiger partial charge in [0.1, 0.15) is 0 Å². The number of aromatic nitrogens is 2. The van der Waals surface area contributed by atoms with Crippen molar-refractivity contribution in [2.75, 3.05) is 17.9 Å². The lowest BCUT2D eigenvalue weighted by molar-refractivity contribution is 0.161. The molecule has 2 aromatic carbocycles. The van der Waals surface area contributed by atoms with Gasteiger partial charge >= 0.3 is 11.1 Å². The van der Waals surface area contributed by atoms with Crippen LogP contribution in [0.25, 0.3) is 16.6 Å². The first-order valence-corrected chi connectivity index (χ1v) is 10.5. The molecule has 0 saturated carbocycles. The van der Waals surface area contributed by atoms with Gasteiger partial charge in [-0.3, -0.25) is 14.3 Å². The molecule has 0 saturated heterocycles. The highest BCUT2D eigenvalue weighted by Crippen LogP contribution is 2.25. The van der Waals surface area contributed by atoms with Gasteiger partial charge in [-0.05, 0) is 54.3 Å². The molecule has 0 aliphatic carbocycles. The molecule has 0 unspecified atom stereocenters. The molecule has 0 spiro atoms. The number of rotatable bonds is 4. The Balaban J connectivity index is 1.65. The third-order valence-corrected chi connectivity index (χ3v) is 6.30. The van der Waals surface area contributed by atoms with E-state index in [4.69, 9.17) is 4.74 Å². The average molecular weight is 413 g/mol. The normalized spacial score (nSPS) is 14.6. The number of H-pyrrole nitrogens is 2. The van der Waals surface area contributed by atoms with Crippen molar-refractivity contribution < 1.29 is 13.2 Å². The first-order chi connectivity index (χ1) is 13.8. The Kier molecular flexibility index (Phi) is 4.85. The van der Waals surface area contributed by atoms with Gasteiger partial charge in [-0.25, -0.2) is 8.42 Å². The fourth-order valence-electron chi connectivity index (χ4n) is 3.29. The molecule has 1 aromatic heterocycles. The van der Waals surface area contributed by atoms with Crippen LogP contribution in [0.5, 0.6) is 0 Å². The van der Waals surface area contributed by atoms with Crippen LogP contribution in [0, 0.1) is 6.92 Å². The lowest BCUT2D eigenvalue weighted by atomic mass is 10.0. The zero-order valence-corrected chi connectivity index (χ0v) is 16.4. The molecule has 4 rings (SSSR count). The van der Waals surface area contributed by atoms with Crippen LogP contribution in [-0.2, 0) is 14.8 Å². The maximum atomic E-state index is 12.9. The number of ether oxygens (including phenoxy) is 1. The van der Waals surface area contributed by atoms with Gasteiger partial charge in [0.2, 0.25) is 0 Å². The fourth-order valence-corrected chi connectivity index (χ4v) is 4.61. The number of fused-ring (bicyclic) bond motifs is 1. The van der Waals surface area contributed by atoms with E-state index >= 15 is 0 Å². The summed E-state index contributed by atoms with van der Waals surface area (Å²) in [5, 5.41) is 0. The summed E-state index contributed by atoms with van der Waals surface area (Å²) in [6.45, 7) is 2.88. The first kappa shape index (κ1) is 19.2. The molecule has 0 fully saturated rings.